The van der Waals surface area contributed by atoms with Crippen LogP contribution < -0.4 is 5.32 Å². The van der Waals surface area contributed by atoms with Gasteiger partial charge in [0.25, 0.3) is 0 Å². The van der Waals surface area contributed by atoms with E-state index in [1.54, 1.807) is 6.07 Å². The molecule has 1 aromatic heterocycles. The van der Waals surface area contributed by atoms with Gasteiger partial charge in [0, 0.05) is 0 Å². The molecule has 0 unspecified atom stereocenters. The Hall–Kier alpha value is -1.29. The fourth-order valence-corrected chi connectivity index (χ4v) is 2.83. The summed E-state index contributed by atoms with van der Waals surface area (Å²) in [7, 11) is 0. The van der Waals surface area contributed by atoms with Crippen molar-refractivity contribution in [2.45, 2.75) is 45.6 Å². The van der Waals surface area contributed by atoms with Gasteiger partial charge in [-0.1, -0.05) is 26.2 Å². The molecule has 4 heteroatoms. The average molecular weight is 265 g/mol. The van der Waals surface area contributed by atoms with Crippen LogP contribution in [0.1, 0.15) is 55.3 Å². The first-order valence-corrected chi connectivity index (χ1v) is 7.21. The van der Waals surface area contributed by atoms with Gasteiger partial charge >= 0.3 is 5.97 Å². The third-order valence-corrected chi connectivity index (χ3v) is 4.15. The minimum absolute atomic E-state index is 0.0141. The maximum absolute atomic E-state index is 10.7. The number of aromatic carboxylic acids is 1. The zero-order chi connectivity index (χ0) is 13.7. The van der Waals surface area contributed by atoms with Crippen LogP contribution in [0.4, 0.5) is 0 Å². The highest BCUT2D eigenvalue weighted by Gasteiger charge is 2.19. The number of rotatable bonds is 6. The topological polar surface area (TPSA) is 62.5 Å². The molecule has 1 aliphatic carbocycles. The van der Waals surface area contributed by atoms with Crippen molar-refractivity contribution in [2.75, 3.05) is 6.54 Å². The van der Waals surface area contributed by atoms with Gasteiger partial charge in [-0.05, 0) is 43.4 Å². The molecule has 1 saturated carbocycles. The summed E-state index contributed by atoms with van der Waals surface area (Å²) in [4.78, 5) is 10.7. The fourth-order valence-electron chi connectivity index (χ4n) is 2.83. The number of carboxylic acids is 1. The second-order valence-corrected chi connectivity index (χ2v) is 5.50. The number of nitrogens with one attached hydrogen (secondary N) is 1. The van der Waals surface area contributed by atoms with Crippen molar-refractivity contribution < 1.29 is 14.3 Å². The first-order valence-electron chi connectivity index (χ1n) is 7.21. The molecule has 19 heavy (non-hydrogen) atoms. The van der Waals surface area contributed by atoms with Crippen LogP contribution in [0.15, 0.2) is 16.5 Å². The van der Waals surface area contributed by atoms with Gasteiger partial charge in [0.1, 0.15) is 5.76 Å². The van der Waals surface area contributed by atoms with Crippen molar-refractivity contribution in [1.29, 1.82) is 0 Å². The van der Waals surface area contributed by atoms with Gasteiger partial charge in [0.05, 0.1) is 6.54 Å². The van der Waals surface area contributed by atoms with Crippen LogP contribution in [-0.4, -0.2) is 17.6 Å². The third-order valence-electron chi connectivity index (χ3n) is 4.15. The Kier molecular flexibility index (Phi) is 5.02. The molecule has 1 fully saturated rings. The Morgan fingerprint density at radius 1 is 1.32 bits per heavy atom. The summed E-state index contributed by atoms with van der Waals surface area (Å²) in [6.45, 7) is 3.89. The van der Waals surface area contributed by atoms with E-state index in [0.29, 0.717) is 12.3 Å². The predicted octanol–water partition coefficient (Wildman–Crippen LogP) is 3.28. The highest BCUT2D eigenvalue weighted by molar-refractivity contribution is 5.84. The zero-order valence-corrected chi connectivity index (χ0v) is 11.5. The van der Waals surface area contributed by atoms with Gasteiger partial charge in [-0.15, -0.1) is 0 Å². The van der Waals surface area contributed by atoms with E-state index in [2.05, 4.69) is 12.2 Å². The number of hydrogen-bond donors (Lipinski definition) is 2. The lowest BCUT2D eigenvalue weighted by Gasteiger charge is -2.27. The standard InChI is InChI=1S/C15H23NO3/c1-2-11-3-5-12(6-4-11)9-16-10-13-7-8-14(19-13)15(17)18/h7-8,11-12,16H,2-6,9-10H2,1H3,(H,17,18). The molecule has 1 aromatic rings. The smallest absolute Gasteiger partial charge is 0.371 e. The normalized spacial score (nSPS) is 23.4. The second-order valence-electron chi connectivity index (χ2n) is 5.50. The first-order chi connectivity index (χ1) is 9.19. The number of hydrogen-bond acceptors (Lipinski definition) is 3. The Morgan fingerprint density at radius 2 is 2.00 bits per heavy atom. The molecular formula is C15H23NO3. The van der Waals surface area contributed by atoms with Gasteiger partial charge in [0.2, 0.25) is 5.76 Å². The highest BCUT2D eigenvalue weighted by Crippen LogP contribution is 2.30. The lowest BCUT2D eigenvalue weighted by molar-refractivity contribution is 0.0660. The molecule has 4 nitrogen and oxygen atoms in total. The van der Waals surface area contributed by atoms with Crippen LogP contribution in [0.3, 0.4) is 0 Å². The summed E-state index contributed by atoms with van der Waals surface area (Å²) in [5, 5.41) is 12.1. The van der Waals surface area contributed by atoms with Crippen LogP contribution in [0.25, 0.3) is 0 Å². The van der Waals surface area contributed by atoms with Crippen molar-refractivity contribution in [3.8, 4) is 0 Å². The van der Waals surface area contributed by atoms with Crippen LogP contribution in [0, 0.1) is 11.8 Å². The first kappa shape index (κ1) is 14.1. The Labute approximate surface area is 114 Å². The van der Waals surface area contributed by atoms with Crippen LogP contribution in [-0.2, 0) is 6.54 Å². The lowest BCUT2D eigenvalue weighted by Crippen LogP contribution is -2.26. The third kappa shape index (κ3) is 4.10. The SMILES string of the molecule is CCC1CCC(CNCc2ccc(C(=O)O)o2)CC1. The molecule has 0 radical (unpaired) electrons. The molecule has 0 aromatic carbocycles. The van der Waals surface area contributed by atoms with Gasteiger partial charge in [-0.25, -0.2) is 4.79 Å². The summed E-state index contributed by atoms with van der Waals surface area (Å²) in [6, 6.07) is 3.23. The van der Waals surface area contributed by atoms with E-state index in [9.17, 15) is 4.79 Å². The average Bonchev–Trinajstić information content (AvgIpc) is 2.89. The maximum atomic E-state index is 10.7. The largest absolute Gasteiger partial charge is 0.475 e. The second kappa shape index (κ2) is 6.75. The molecule has 0 bridgehead atoms. The quantitative estimate of drug-likeness (QED) is 0.828. The summed E-state index contributed by atoms with van der Waals surface area (Å²) >= 11 is 0. The van der Waals surface area contributed by atoms with E-state index >= 15 is 0 Å². The van der Waals surface area contributed by atoms with Gasteiger partial charge in [-0.3, -0.25) is 0 Å². The molecule has 0 spiro atoms. The van der Waals surface area contributed by atoms with Crippen LogP contribution in [0.2, 0.25) is 0 Å². The highest BCUT2D eigenvalue weighted by atomic mass is 16.4. The molecule has 1 aliphatic rings. The molecule has 0 atom stereocenters. The van der Waals surface area contributed by atoms with E-state index in [1.165, 1.54) is 38.2 Å². The van der Waals surface area contributed by atoms with Gasteiger partial charge < -0.3 is 14.8 Å². The Bertz CT molecular complexity index is 405. The molecule has 0 aliphatic heterocycles. The maximum Gasteiger partial charge on any atom is 0.371 e. The predicted molar refractivity (Wildman–Crippen MR) is 73.1 cm³/mol. The summed E-state index contributed by atoms with van der Waals surface area (Å²) in [5.74, 6) is 1.39. The fraction of sp³-hybridized carbons (Fsp3) is 0.667. The van der Waals surface area contributed by atoms with Crippen molar-refractivity contribution in [2.24, 2.45) is 11.8 Å². The van der Waals surface area contributed by atoms with Crippen molar-refractivity contribution >= 4 is 5.97 Å². The zero-order valence-electron chi connectivity index (χ0n) is 11.5. The summed E-state index contributed by atoms with van der Waals surface area (Å²) in [6.07, 6.45) is 6.64. The molecule has 1 heterocycles. The molecule has 2 N–H and O–H groups in total. The van der Waals surface area contributed by atoms with E-state index < -0.39 is 5.97 Å². The van der Waals surface area contributed by atoms with E-state index in [-0.39, 0.29) is 5.76 Å². The Balaban J connectivity index is 1.67. The molecule has 2 rings (SSSR count). The lowest BCUT2D eigenvalue weighted by atomic mass is 9.81. The van der Waals surface area contributed by atoms with Gasteiger partial charge in [0.15, 0.2) is 0 Å². The Morgan fingerprint density at radius 3 is 2.58 bits per heavy atom. The van der Waals surface area contributed by atoms with E-state index in [1.807, 2.05) is 0 Å². The van der Waals surface area contributed by atoms with Gasteiger partial charge in [-0.2, -0.15) is 0 Å². The molecule has 106 valence electrons. The van der Waals surface area contributed by atoms with Crippen molar-refractivity contribution in [3.05, 3.63) is 23.7 Å². The van der Waals surface area contributed by atoms with Crippen LogP contribution >= 0.6 is 0 Å². The molecular weight excluding hydrogens is 242 g/mol. The monoisotopic (exact) mass is 265 g/mol. The molecule has 0 amide bonds. The minimum Gasteiger partial charge on any atom is -0.475 e. The number of furan rings is 1. The van der Waals surface area contributed by atoms with E-state index in [0.717, 1.165) is 18.4 Å². The van der Waals surface area contributed by atoms with Crippen LogP contribution in [0.5, 0.6) is 0 Å². The molecule has 0 saturated heterocycles. The number of carboxylic acid groups (broad SMARTS) is 1. The number of carbonyl (C=O) groups is 1. The van der Waals surface area contributed by atoms with E-state index in [4.69, 9.17) is 9.52 Å². The minimum atomic E-state index is -1.01. The summed E-state index contributed by atoms with van der Waals surface area (Å²) < 4.78 is 5.21. The van der Waals surface area contributed by atoms with Crippen molar-refractivity contribution in [1.82, 2.24) is 5.32 Å². The van der Waals surface area contributed by atoms with Crippen molar-refractivity contribution in [3.63, 3.8) is 0 Å². The summed E-state index contributed by atoms with van der Waals surface area (Å²) in [5.41, 5.74) is 0.